The van der Waals surface area contributed by atoms with Gasteiger partial charge in [0, 0.05) is 17.6 Å². The predicted molar refractivity (Wildman–Crippen MR) is 88.8 cm³/mol. The van der Waals surface area contributed by atoms with E-state index in [1.165, 1.54) is 11.3 Å². The topological polar surface area (TPSA) is 42.7 Å². The van der Waals surface area contributed by atoms with Crippen molar-refractivity contribution in [2.24, 2.45) is 5.92 Å². The maximum absolute atomic E-state index is 4.70. The van der Waals surface area contributed by atoms with Gasteiger partial charge in [0.2, 0.25) is 0 Å². The summed E-state index contributed by atoms with van der Waals surface area (Å²) in [6, 6.07) is 0. The van der Waals surface area contributed by atoms with Crippen molar-refractivity contribution >= 4 is 11.3 Å². The summed E-state index contributed by atoms with van der Waals surface area (Å²) in [6.07, 6.45) is 1.04. The molecule has 2 heterocycles. The zero-order chi connectivity index (χ0) is 15.4. The summed E-state index contributed by atoms with van der Waals surface area (Å²) in [6.45, 7) is 13.5. The molecule has 0 atom stereocenters. The molecule has 0 radical (unpaired) electrons. The smallest absolute Gasteiger partial charge is 0.107 e. The maximum Gasteiger partial charge on any atom is 0.107 e. The predicted octanol–water partition coefficient (Wildman–Crippen LogP) is 3.31. The first-order valence-electron chi connectivity index (χ1n) is 7.68. The number of hydrogen-bond donors (Lipinski definition) is 1. The standard InChI is InChI=1S/C16H26N4S/c1-6-15-12(4)19-20(13(15)5)9-14-10-21-16(18-14)8-17-7-11(2)3/h10-11,17H,6-9H2,1-5H3. The van der Waals surface area contributed by atoms with Crippen molar-refractivity contribution in [2.45, 2.75) is 54.1 Å². The number of hydrogen-bond acceptors (Lipinski definition) is 4. The Morgan fingerprint density at radius 3 is 2.71 bits per heavy atom. The van der Waals surface area contributed by atoms with Crippen LogP contribution < -0.4 is 5.32 Å². The Bertz CT molecular complexity index is 583. The highest BCUT2D eigenvalue weighted by Gasteiger charge is 2.11. The van der Waals surface area contributed by atoms with E-state index in [0.29, 0.717) is 5.92 Å². The summed E-state index contributed by atoms with van der Waals surface area (Å²) in [5, 5.41) is 11.4. The summed E-state index contributed by atoms with van der Waals surface area (Å²) in [5.74, 6) is 0.673. The summed E-state index contributed by atoms with van der Waals surface area (Å²) in [4.78, 5) is 4.70. The van der Waals surface area contributed by atoms with Crippen LogP contribution in [0, 0.1) is 19.8 Å². The lowest BCUT2D eigenvalue weighted by atomic mass is 10.1. The molecule has 2 rings (SSSR count). The largest absolute Gasteiger partial charge is 0.310 e. The summed E-state index contributed by atoms with van der Waals surface area (Å²) in [5.41, 5.74) is 4.88. The van der Waals surface area contributed by atoms with Gasteiger partial charge in [-0.3, -0.25) is 4.68 Å². The summed E-state index contributed by atoms with van der Waals surface area (Å²) >= 11 is 1.73. The lowest BCUT2D eigenvalue weighted by Crippen LogP contribution is -2.18. The van der Waals surface area contributed by atoms with E-state index < -0.39 is 0 Å². The highest BCUT2D eigenvalue weighted by molar-refractivity contribution is 7.09. The molecule has 0 fully saturated rings. The Morgan fingerprint density at radius 2 is 2.10 bits per heavy atom. The molecule has 0 aliphatic carbocycles. The fourth-order valence-electron chi connectivity index (χ4n) is 2.52. The fraction of sp³-hybridized carbons (Fsp3) is 0.625. The van der Waals surface area contributed by atoms with Gasteiger partial charge in [0.05, 0.1) is 17.9 Å². The molecule has 0 spiro atoms. The Hall–Kier alpha value is -1.20. The van der Waals surface area contributed by atoms with Crippen LogP contribution in [0.25, 0.3) is 0 Å². The molecule has 0 bridgehead atoms. The third kappa shape index (κ3) is 4.14. The lowest BCUT2D eigenvalue weighted by Gasteiger charge is -2.05. The molecule has 116 valence electrons. The van der Waals surface area contributed by atoms with Gasteiger partial charge in [-0.05, 0) is 38.3 Å². The van der Waals surface area contributed by atoms with E-state index in [1.807, 2.05) is 0 Å². The Balaban J connectivity index is 1.99. The quantitative estimate of drug-likeness (QED) is 0.853. The van der Waals surface area contributed by atoms with Crippen LogP contribution in [0.15, 0.2) is 5.38 Å². The Labute approximate surface area is 131 Å². The van der Waals surface area contributed by atoms with Crippen LogP contribution in [0.5, 0.6) is 0 Å². The van der Waals surface area contributed by atoms with Crippen LogP contribution in [0.3, 0.4) is 0 Å². The third-order valence-corrected chi connectivity index (χ3v) is 4.52. The second-order valence-corrected chi connectivity index (χ2v) is 6.86. The van der Waals surface area contributed by atoms with Crippen molar-refractivity contribution in [3.05, 3.63) is 33.0 Å². The van der Waals surface area contributed by atoms with Gasteiger partial charge in [0.25, 0.3) is 0 Å². The van der Waals surface area contributed by atoms with E-state index >= 15 is 0 Å². The third-order valence-electron chi connectivity index (χ3n) is 3.62. The molecule has 0 amide bonds. The van der Waals surface area contributed by atoms with Crippen LogP contribution >= 0.6 is 11.3 Å². The molecule has 4 nitrogen and oxygen atoms in total. The fourth-order valence-corrected chi connectivity index (χ4v) is 3.28. The molecule has 0 aromatic carbocycles. The normalized spacial score (nSPS) is 11.5. The first kappa shape index (κ1) is 16.2. The van der Waals surface area contributed by atoms with Crippen molar-refractivity contribution < 1.29 is 0 Å². The van der Waals surface area contributed by atoms with E-state index in [2.05, 4.69) is 55.1 Å². The molecule has 0 aliphatic rings. The minimum Gasteiger partial charge on any atom is -0.310 e. The highest BCUT2D eigenvalue weighted by atomic mass is 32.1. The number of rotatable bonds is 7. The molecule has 0 aliphatic heterocycles. The molecule has 0 saturated heterocycles. The van der Waals surface area contributed by atoms with Crippen LogP contribution in [0.4, 0.5) is 0 Å². The van der Waals surface area contributed by atoms with Gasteiger partial charge in [0.15, 0.2) is 0 Å². The summed E-state index contributed by atoms with van der Waals surface area (Å²) < 4.78 is 2.08. The monoisotopic (exact) mass is 306 g/mol. The first-order valence-corrected chi connectivity index (χ1v) is 8.56. The zero-order valence-electron chi connectivity index (χ0n) is 13.7. The van der Waals surface area contributed by atoms with Gasteiger partial charge in [-0.1, -0.05) is 20.8 Å². The number of aryl methyl sites for hydroxylation is 1. The van der Waals surface area contributed by atoms with Gasteiger partial charge < -0.3 is 5.32 Å². The number of thiazole rings is 1. The van der Waals surface area contributed by atoms with Gasteiger partial charge >= 0.3 is 0 Å². The van der Waals surface area contributed by atoms with Crippen molar-refractivity contribution in [3.8, 4) is 0 Å². The van der Waals surface area contributed by atoms with Gasteiger partial charge in [0.1, 0.15) is 5.01 Å². The molecular formula is C16H26N4S. The van der Waals surface area contributed by atoms with Crippen LogP contribution in [0.1, 0.15) is 48.4 Å². The van der Waals surface area contributed by atoms with Crippen LogP contribution in [-0.4, -0.2) is 21.3 Å². The average molecular weight is 306 g/mol. The second-order valence-electron chi connectivity index (χ2n) is 5.92. The van der Waals surface area contributed by atoms with Crippen LogP contribution in [-0.2, 0) is 19.5 Å². The second kappa shape index (κ2) is 7.18. The molecule has 1 N–H and O–H groups in total. The minimum atomic E-state index is 0.673. The van der Waals surface area contributed by atoms with E-state index in [0.717, 1.165) is 42.5 Å². The SMILES string of the molecule is CCc1c(C)nn(Cc2csc(CNCC(C)C)n2)c1C. The molecular weight excluding hydrogens is 280 g/mol. The minimum absolute atomic E-state index is 0.673. The van der Waals surface area contributed by atoms with Crippen molar-refractivity contribution in [1.82, 2.24) is 20.1 Å². The number of nitrogens with one attached hydrogen (secondary N) is 1. The van der Waals surface area contributed by atoms with Crippen LogP contribution in [0.2, 0.25) is 0 Å². The lowest BCUT2D eigenvalue weighted by molar-refractivity contribution is 0.550. The van der Waals surface area contributed by atoms with Crippen molar-refractivity contribution in [1.29, 1.82) is 0 Å². The molecule has 5 heteroatoms. The van der Waals surface area contributed by atoms with Crippen molar-refractivity contribution in [3.63, 3.8) is 0 Å². The van der Waals surface area contributed by atoms with Crippen molar-refractivity contribution in [2.75, 3.05) is 6.54 Å². The molecule has 21 heavy (non-hydrogen) atoms. The first-order chi connectivity index (χ1) is 10.0. The maximum atomic E-state index is 4.70. The molecule has 2 aromatic heterocycles. The van der Waals surface area contributed by atoms with Gasteiger partial charge in [-0.25, -0.2) is 4.98 Å². The zero-order valence-corrected chi connectivity index (χ0v) is 14.5. The van der Waals surface area contributed by atoms with E-state index in [9.17, 15) is 0 Å². The Kier molecular flexibility index (Phi) is 5.53. The van der Waals surface area contributed by atoms with Gasteiger partial charge in [-0.15, -0.1) is 11.3 Å². The van der Waals surface area contributed by atoms with E-state index in [1.54, 1.807) is 11.3 Å². The average Bonchev–Trinajstić information content (AvgIpc) is 2.95. The Morgan fingerprint density at radius 1 is 1.33 bits per heavy atom. The van der Waals surface area contributed by atoms with Gasteiger partial charge in [-0.2, -0.15) is 5.10 Å². The molecule has 0 unspecified atom stereocenters. The summed E-state index contributed by atoms with van der Waals surface area (Å²) in [7, 11) is 0. The molecule has 0 saturated carbocycles. The number of aromatic nitrogens is 3. The number of nitrogens with zero attached hydrogens (tertiary/aromatic N) is 3. The van der Waals surface area contributed by atoms with E-state index in [-0.39, 0.29) is 0 Å². The highest BCUT2D eigenvalue weighted by Crippen LogP contribution is 2.16. The molecule has 2 aromatic rings. The van der Waals surface area contributed by atoms with E-state index in [4.69, 9.17) is 4.98 Å².